The molecule has 3 heterocycles. The summed E-state index contributed by atoms with van der Waals surface area (Å²) in [6, 6.07) is 18.7. The van der Waals surface area contributed by atoms with Gasteiger partial charge >= 0.3 is 0 Å². The second-order valence-electron chi connectivity index (χ2n) is 9.76. The molecule has 0 fully saturated rings. The summed E-state index contributed by atoms with van der Waals surface area (Å²) in [5, 5.41) is 3.15. The number of rotatable bonds is 6. The zero-order valence-corrected chi connectivity index (χ0v) is 23.3. The molecule has 10 heteroatoms. The van der Waals surface area contributed by atoms with Crippen LogP contribution in [-0.2, 0) is 16.6 Å². The molecule has 3 aromatic carbocycles. The number of hydrogen-bond donors (Lipinski definition) is 1. The Morgan fingerprint density at radius 2 is 1.66 bits per heavy atom. The molecule has 8 nitrogen and oxygen atoms in total. The first-order valence-electron chi connectivity index (χ1n) is 12.8. The van der Waals surface area contributed by atoms with Crippen LogP contribution in [0.4, 0.5) is 10.1 Å². The number of nitrogens with one attached hydrogen (secondary N) is 1. The third-order valence-electron chi connectivity index (χ3n) is 7.24. The van der Waals surface area contributed by atoms with Gasteiger partial charge in [-0.25, -0.2) is 12.8 Å². The lowest BCUT2D eigenvalue weighted by Crippen LogP contribution is -2.25. The Hall–Kier alpha value is -4.83. The van der Waals surface area contributed by atoms with E-state index in [9.17, 15) is 17.6 Å². The van der Waals surface area contributed by atoms with Crippen molar-refractivity contribution in [2.45, 2.75) is 6.54 Å². The van der Waals surface area contributed by atoms with E-state index in [4.69, 9.17) is 9.41 Å². The number of benzene rings is 3. The van der Waals surface area contributed by atoms with Crippen molar-refractivity contribution in [3.8, 4) is 22.5 Å². The molecule has 41 heavy (non-hydrogen) atoms. The van der Waals surface area contributed by atoms with Gasteiger partial charge in [-0.15, -0.1) is 0 Å². The number of aromatic nitrogens is 1. The second-order valence-corrected chi connectivity index (χ2v) is 11.8. The van der Waals surface area contributed by atoms with Gasteiger partial charge in [-0.3, -0.25) is 19.1 Å². The van der Waals surface area contributed by atoms with E-state index < -0.39 is 15.8 Å². The third-order valence-corrected chi connectivity index (χ3v) is 8.43. The highest BCUT2D eigenvalue weighted by Gasteiger charge is 2.27. The summed E-state index contributed by atoms with van der Waals surface area (Å²) < 4.78 is 46.5. The van der Waals surface area contributed by atoms with Gasteiger partial charge in [0.1, 0.15) is 17.2 Å². The number of fused-ring (bicyclic) bond motifs is 2. The van der Waals surface area contributed by atoms with Crippen LogP contribution < -0.4 is 9.62 Å². The third kappa shape index (κ3) is 4.66. The minimum atomic E-state index is -3.66. The molecule has 0 unspecified atom stereocenters. The minimum absolute atomic E-state index is 0.255. The molecule has 2 aromatic heterocycles. The number of amides is 1. The van der Waals surface area contributed by atoms with Crippen molar-refractivity contribution < 1.29 is 22.0 Å². The van der Waals surface area contributed by atoms with Gasteiger partial charge in [-0.05, 0) is 59.7 Å². The molecule has 0 radical (unpaired) electrons. The van der Waals surface area contributed by atoms with Crippen LogP contribution in [0.25, 0.3) is 33.4 Å². The van der Waals surface area contributed by atoms with Crippen LogP contribution in [0.15, 0.2) is 88.5 Å². The molecule has 0 saturated carbocycles. The van der Waals surface area contributed by atoms with Crippen molar-refractivity contribution in [2.75, 3.05) is 24.7 Å². The molecule has 0 spiro atoms. The first-order chi connectivity index (χ1) is 19.7. The molecule has 1 aliphatic heterocycles. The van der Waals surface area contributed by atoms with Crippen LogP contribution in [-0.4, -0.2) is 45.4 Å². The number of nitrogens with zero attached hydrogens (tertiary/aromatic N) is 3. The zero-order chi connectivity index (χ0) is 28.9. The van der Waals surface area contributed by atoms with Crippen molar-refractivity contribution in [2.24, 2.45) is 4.99 Å². The van der Waals surface area contributed by atoms with E-state index in [1.54, 1.807) is 24.5 Å². The van der Waals surface area contributed by atoms with Crippen LogP contribution in [0.2, 0.25) is 0 Å². The average Bonchev–Trinajstić information content (AvgIpc) is 3.57. The number of sulfonamides is 1. The van der Waals surface area contributed by atoms with Crippen molar-refractivity contribution in [1.29, 1.82) is 0 Å². The molecule has 5 aromatic rings. The number of carbonyl (C=O) groups excluding carboxylic acids is 1. The van der Waals surface area contributed by atoms with E-state index in [-0.39, 0.29) is 17.2 Å². The molecule has 6 rings (SSSR count). The maximum atomic E-state index is 13.7. The highest BCUT2D eigenvalue weighted by atomic mass is 32.2. The molecule has 1 amide bonds. The Balaban J connectivity index is 1.61. The smallest absolute Gasteiger partial charge is 0.255 e. The van der Waals surface area contributed by atoms with Gasteiger partial charge in [0.2, 0.25) is 10.0 Å². The largest absolute Gasteiger partial charge is 0.455 e. The molecule has 1 aliphatic rings. The van der Waals surface area contributed by atoms with Gasteiger partial charge in [0.05, 0.1) is 29.8 Å². The van der Waals surface area contributed by atoms with Crippen molar-refractivity contribution >= 4 is 38.3 Å². The quantitative estimate of drug-likeness (QED) is 0.295. The summed E-state index contributed by atoms with van der Waals surface area (Å²) in [4.78, 5) is 22.0. The van der Waals surface area contributed by atoms with Gasteiger partial charge in [-0.2, -0.15) is 0 Å². The van der Waals surface area contributed by atoms with E-state index >= 15 is 0 Å². The van der Waals surface area contributed by atoms with E-state index in [1.807, 2.05) is 30.3 Å². The van der Waals surface area contributed by atoms with Crippen LogP contribution in [0.5, 0.6) is 0 Å². The normalized spacial score (nSPS) is 12.7. The lowest BCUT2D eigenvalue weighted by molar-refractivity contribution is 0.0964. The van der Waals surface area contributed by atoms with Gasteiger partial charge in [0.15, 0.2) is 0 Å². The Kier molecular flexibility index (Phi) is 6.42. The first kappa shape index (κ1) is 26.4. The number of pyridine rings is 1. The number of hydrogen-bond acceptors (Lipinski definition) is 6. The lowest BCUT2D eigenvalue weighted by atomic mass is 9.93. The Bertz CT molecular complexity index is 1970. The maximum Gasteiger partial charge on any atom is 0.255 e. The summed E-state index contributed by atoms with van der Waals surface area (Å²) in [6.45, 7) is 0.534. The molecule has 0 saturated heterocycles. The summed E-state index contributed by atoms with van der Waals surface area (Å²) in [6.07, 6.45) is 4.55. The summed E-state index contributed by atoms with van der Waals surface area (Å²) in [5.41, 5.74) is 6.55. The van der Waals surface area contributed by atoms with Gasteiger partial charge in [0.25, 0.3) is 5.91 Å². The molecule has 206 valence electrons. The number of furan rings is 1. The fraction of sp³-hybridized carbons (Fsp3) is 0.129. The fourth-order valence-corrected chi connectivity index (χ4v) is 5.57. The Morgan fingerprint density at radius 3 is 2.34 bits per heavy atom. The van der Waals surface area contributed by atoms with Gasteiger partial charge in [0, 0.05) is 60.2 Å². The number of halogens is 1. The van der Waals surface area contributed by atoms with E-state index in [2.05, 4.69) is 10.3 Å². The van der Waals surface area contributed by atoms with Crippen LogP contribution in [0.3, 0.4) is 0 Å². The topological polar surface area (TPSA) is 105 Å². The van der Waals surface area contributed by atoms with Crippen molar-refractivity contribution in [3.63, 3.8) is 0 Å². The number of carbonyl (C=O) groups is 1. The number of anilines is 1. The van der Waals surface area contributed by atoms with E-state index in [1.165, 1.54) is 42.7 Å². The average molecular weight is 569 g/mol. The minimum Gasteiger partial charge on any atom is -0.455 e. The maximum absolute atomic E-state index is 13.7. The van der Waals surface area contributed by atoms with E-state index in [0.717, 1.165) is 34.2 Å². The SMILES string of the molecule is CNC(=O)c1c(-c2ccc(F)cc2)oc2cc(N(C)S(C)(=O)=O)c(-c3ccc4c(c3)C(c3ccncc3)=NC4)cc12. The summed E-state index contributed by atoms with van der Waals surface area (Å²) >= 11 is 0. The lowest BCUT2D eigenvalue weighted by Gasteiger charge is -2.21. The van der Waals surface area contributed by atoms with E-state index in [0.29, 0.717) is 34.3 Å². The molecular formula is C31H25FN4O4S. The Labute approximate surface area is 236 Å². The Morgan fingerprint density at radius 1 is 0.951 bits per heavy atom. The van der Waals surface area contributed by atoms with Crippen LogP contribution in [0, 0.1) is 5.82 Å². The predicted molar refractivity (Wildman–Crippen MR) is 157 cm³/mol. The fourth-order valence-electron chi connectivity index (χ4n) is 5.07. The molecule has 1 N–H and O–H groups in total. The molecule has 0 atom stereocenters. The van der Waals surface area contributed by atoms with Crippen molar-refractivity contribution in [1.82, 2.24) is 10.3 Å². The molecule has 0 bridgehead atoms. The first-order valence-corrected chi connectivity index (χ1v) is 14.6. The molecule has 0 aliphatic carbocycles. The zero-order valence-electron chi connectivity index (χ0n) is 22.5. The summed E-state index contributed by atoms with van der Waals surface area (Å²) in [5.74, 6) is -0.554. The van der Waals surface area contributed by atoms with Crippen molar-refractivity contribution in [3.05, 3.63) is 107 Å². The van der Waals surface area contributed by atoms with Gasteiger partial charge in [-0.1, -0.05) is 12.1 Å². The number of aliphatic imine (C=N–C) groups is 1. The monoisotopic (exact) mass is 568 g/mol. The van der Waals surface area contributed by atoms with Gasteiger partial charge < -0.3 is 9.73 Å². The highest BCUT2D eigenvalue weighted by Crippen LogP contribution is 2.42. The molecular weight excluding hydrogens is 543 g/mol. The standard InChI is InChI=1S/C31H25FN4O4S/c1-33-31(37)28-25-15-23(20-4-5-21-17-35-29(24(21)14-20)18-10-12-34-13-11-18)26(36(2)41(3,38)39)16-27(25)40-30(28)19-6-8-22(32)9-7-19/h4-16H,17H2,1-3H3,(H,33,37). The van der Waals surface area contributed by atoms with Crippen LogP contribution >= 0.6 is 0 Å². The predicted octanol–water partition coefficient (Wildman–Crippen LogP) is 5.41. The highest BCUT2D eigenvalue weighted by molar-refractivity contribution is 7.92. The summed E-state index contributed by atoms with van der Waals surface area (Å²) in [7, 11) is -0.672. The van der Waals surface area contributed by atoms with Crippen LogP contribution in [0.1, 0.15) is 27.0 Å². The second kappa shape index (κ2) is 9.97.